The fourth-order valence-corrected chi connectivity index (χ4v) is 2.50. The largest absolute Gasteiger partial charge is 0.469 e. The number of nitrogens with zero attached hydrogens (tertiary/aromatic N) is 2. The van der Waals surface area contributed by atoms with E-state index in [1.807, 2.05) is 32.0 Å². The van der Waals surface area contributed by atoms with Gasteiger partial charge in [-0.3, -0.25) is 9.69 Å². The molecule has 1 amide bonds. The van der Waals surface area contributed by atoms with Crippen LogP contribution in [0.3, 0.4) is 0 Å². The van der Waals surface area contributed by atoms with Crippen LogP contribution in [0, 0.1) is 0 Å². The second kappa shape index (κ2) is 11.5. The molecular formula is C17H28Cl2N2O2. The van der Waals surface area contributed by atoms with Crippen molar-refractivity contribution in [3.63, 3.8) is 0 Å². The molecule has 1 atom stereocenters. The lowest BCUT2D eigenvalue weighted by Gasteiger charge is -2.32. The Bertz CT molecular complexity index is 468. The number of para-hydroxylation sites is 1. The van der Waals surface area contributed by atoms with E-state index in [1.54, 1.807) is 11.0 Å². The molecule has 0 fully saturated rings. The highest BCUT2D eigenvalue weighted by Gasteiger charge is 2.24. The Morgan fingerprint density at radius 2 is 1.74 bits per heavy atom. The first-order chi connectivity index (χ1) is 10.6. The molecule has 0 aliphatic carbocycles. The highest BCUT2D eigenvalue weighted by atomic mass is 35.5. The molecule has 0 N–H and O–H groups in total. The van der Waals surface area contributed by atoms with E-state index in [1.165, 1.54) is 0 Å². The van der Waals surface area contributed by atoms with E-state index in [0.717, 1.165) is 13.1 Å². The zero-order chi connectivity index (χ0) is 16.5. The highest BCUT2D eigenvalue weighted by molar-refractivity contribution is 6.32. The summed E-state index contributed by atoms with van der Waals surface area (Å²) in [6, 6.07) is 7.35. The van der Waals surface area contributed by atoms with Crippen LogP contribution in [0.15, 0.2) is 24.3 Å². The Kier molecular flexibility index (Phi) is 11.1. The van der Waals surface area contributed by atoms with Gasteiger partial charge in [0, 0.05) is 13.0 Å². The summed E-state index contributed by atoms with van der Waals surface area (Å²) in [5, 5.41) is 0.563. The van der Waals surface area contributed by atoms with E-state index in [4.69, 9.17) is 16.3 Å². The zero-order valence-electron chi connectivity index (χ0n) is 14.4. The molecule has 0 spiro atoms. The van der Waals surface area contributed by atoms with Gasteiger partial charge in [-0.2, -0.15) is 0 Å². The molecule has 0 bridgehead atoms. The van der Waals surface area contributed by atoms with Crippen molar-refractivity contribution in [1.29, 1.82) is 0 Å². The maximum absolute atomic E-state index is 12.5. The van der Waals surface area contributed by atoms with Crippen molar-refractivity contribution < 1.29 is 9.53 Å². The van der Waals surface area contributed by atoms with Crippen LogP contribution in [0.25, 0.3) is 0 Å². The van der Waals surface area contributed by atoms with Crippen molar-refractivity contribution in [2.75, 3.05) is 26.2 Å². The number of amides is 1. The van der Waals surface area contributed by atoms with E-state index in [0.29, 0.717) is 30.3 Å². The van der Waals surface area contributed by atoms with Gasteiger partial charge in [-0.1, -0.05) is 44.5 Å². The van der Waals surface area contributed by atoms with Crippen molar-refractivity contribution in [2.24, 2.45) is 0 Å². The zero-order valence-corrected chi connectivity index (χ0v) is 16.0. The standard InChI is InChI=1S/C17H27ClN2O2.ClH/c1-5-17(22-15-12-10-9-11-14(15)18)20(8-4)16(21)13-19(6-2)7-3;/h9-12,17H,5-8,13H2,1-4H3;1H. The van der Waals surface area contributed by atoms with Gasteiger partial charge in [0.1, 0.15) is 5.75 Å². The average Bonchev–Trinajstić information content (AvgIpc) is 2.54. The van der Waals surface area contributed by atoms with Crippen molar-refractivity contribution in [3.8, 4) is 5.75 Å². The Morgan fingerprint density at radius 3 is 2.22 bits per heavy atom. The minimum atomic E-state index is -0.298. The quantitative estimate of drug-likeness (QED) is 0.620. The molecule has 1 unspecified atom stereocenters. The molecule has 132 valence electrons. The summed E-state index contributed by atoms with van der Waals surface area (Å²) in [5.74, 6) is 0.704. The van der Waals surface area contributed by atoms with Gasteiger partial charge in [-0.05, 0) is 32.1 Å². The molecule has 1 aromatic rings. The lowest BCUT2D eigenvalue weighted by atomic mass is 10.3. The summed E-state index contributed by atoms with van der Waals surface area (Å²) in [6.07, 6.45) is 0.413. The molecule has 0 saturated carbocycles. The van der Waals surface area contributed by atoms with Crippen LogP contribution in [0.2, 0.25) is 5.02 Å². The fourth-order valence-electron chi connectivity index (χ4n) is 2.32. The number of rotatable bonds is 9. The summed E-state index contributed by atoms with van der Waals surface area (Å²) in [4.78, 5) is 16.4. The van der Waals surface area contributed by atoms with Gasteiger partial charge in [0.15, 0.2) is 6.23 Å². The van der Waals surface area contributed by atoms with Gasteiger partial charge in [-0.25, -0.2) is 0 Å². The SMILES string of the molecule is CCC(Oc1ccccc1Cl)N(CC)C(=O)CN(CC)CC.Cl. The lowest BCUT2D eigenvalue weighted by molar-refractivity contribution is -0.140. The smallest absolute Gasteiger partial charge is 0.239 e. The van der Waals surface area contributed by atoms with Crippen molar-refractivity contribution in [3.05, 3.63) is 29.3 Å². The van der Waals surface area contributed by atoms with Crippen LogP contribution in [-0.4, -0.2) is 48.1 Å². The summed E-state index contributed by atoms with van der Waals surface area (Å²) in [7, 11) is 0. The number of halogens is 2. The minimum absolute atomic E-state index is 0. The van der Waals surface area contributed by atoms with Crippen LogP contribution in [0.1, 0.15) is 34.1 Å². The Hall–Kier alpha value is -0.970. The maximum atomic E-state index is 12.5. The first-order valence-corrected chi connectivity index (χ1v) is 8.38. The first kappa shape index (κ1) is 22.0. The number of hydrogen-bond acceptors (Lipinski definition) is 3. The summed E-state index contributed by atoms with van der Waals surface area (Å²) in [5.41, 5.74) is 0. The van der Waals surface area contributed by atoms with E-state index in [9.17, 15) is 4.79 Å². The highest BCUT2D eigenvalue weighted by Crippen LogP contribution is 2.25. The number of ether oxygens (including phenoxy) is 1. The number of benzene rings is 1. The third-order valence-electron chi connectivity index (χ3n) is 3.71. The third-order valence-corrected chi connectivity index (χ3v) is 4.02. The second-order valence-electron chi connectivity index (χ2n) is 5.05. The van der Waals surface area contributed by atoms with Crippen LogP contribution in [-0.2, 0) is 4.79 Å². The fraction of sp³-hybridized carbons (Fsp3) is 0.588. The molecule has 0 saturated heterocycles. The molecule has 0 aliphatic heterocycles. The Labute approximate surface area is 151 Å². The molecule has 0 aliphatic rings. The second-order valence-corrected chi connectivity index (χ2v) is 5.46. The average molecular weight is 363 g/mol. The number of carbonyl (C=O) groups excluding carboxylic acids is 1. The molecule has 1 rings (SSSR count). The molecule has 0 aromatic heterocycles. The van der Waals surface area contributed by atoms with Gasteiger partial charge in [0.05, 0.1) is 11.6 Å². The van der Waals surface area contributed by atoms with Crippen LogP contribution < -0.4 is 4.74 Å². The van der Waals surface area contributed by atoms with E-state index in [2.05, 4.69) is 18.7 Å². The molecule has 23 heavy (non-hydrogen) atoms. The molecule has 4 nitrogen and oxygen atoms in total. The predicted octanol–water partition coefficient (Wildman–Crippen LogP) is 4.07. The van der Waals surface area contributed by atoms with Crippen molar-refractivity contribution >= 4 is 29.9 Å². The third kappa shape index (κ3) is 6.58. The molecule has 1 aromatic carbocycles. The van der Waals surface area contributed by atoms with Gasteiger partial charge in [-0.15, -0.1) is 12.4 Å². The van der Waals surface area contributed by atoms with E-state index >= 15 is 0 Å². The van der Waals surface area contributed by atoms with Crippen LogP contribution in [0.4, 0.5) is 0 Å². The Balaban J connectivity index is 0.00000484. The number of carbonyl (C=O) groups is 1. The van der Waals surface area contributed by atoms with Crippen LogP contribution >= 0.6 is 24.0 Å². The summed E-state index contributed by atoms with van der Waals surface area (Å²) < 4.78 is 5.97. The molecule has 6 heteroatoms. The molecule has 0 heterocycles. The maximum Gasteiger partial charge on any atom is 0.239 e. The van der Waals surface area contributed by atoms with Crippen LogP contribution in [0.5, 0.6) is 5.75 Å². The summed E-state index contributed by atoms with van der Waals surface area (Å²) in [6.45, 7) is 10.9. The van der Waals surface area contributed by atoms with Gasteiger partial charge >= 0.3 is 0 Å². The van der Waals surface area contributed by atoms with E-state index in [-0.39, 0.29) is 24.5 Å². The number of likely N-dealkylation sites (N-methyl/N-ethyl adjacent to an activating group) is 2. The summed E-state index contributed by atoms with van der Waals surface area (Å²) >= 11 is 6.15. The van der Waals surface area contributed by atoms with Crippen molar-refractivity contribution in [2.45, 2.75) is 40.3 Å². The topological polar surface area (TPSA) is 32.8 Å². The number of hydrogen-bond donors (Lipinski definition) is 0. The van der Waals surface area contributed by atoms with Gasteiger partial charge < -0.3 is 9.64 Å². The van der Waals surface area contributed by atoms with Crippen molar-refractivity contribution in [1.82, 2.24) is 9.80 Å². The molecule has 0 radical (unpaired) electrons. The minimum Gasteiger partial charge on any atom is -0.469 e. The molecular weight excluding hydrogens is 335 g/mol. The van der Waals surface area contributed by atoms with Gasteiger partial charge in [0.2, 0.25) is 5.91 Å². The monoisotopic (exact) mass is 362 g/mol. The Morgan fingerprint density at radius 1 is 1.13 bits per heavy atom. The normalized spacial score (nSPS) is 11.7. The predicted molar refractivity (Wildman–Crippen MR) is 98.6 cm³/mol. The van der Waals surface area contributed by atoms with E-state index < -0.39 is 0 Å². The first-order valence-electron chi connectivity index (χ1n) is 8.00. The lowest BCUT2D eigenvalue weighted by Crippen LogP contribution is -2.47. The van der Waals surface area contributed by atoms with Gasteiger partial charge in [0.25, 0.3) is 0 Å².